The van der Waals surface area contributed by atoms with Gasteiger partial charge in [0.25, 0.3) is 5.91 Å². The Bertz CT molecular complexity index is 793. The molecule has 1 aromatic heterocycles. The van der Waals surface area contributed by atoms with E-state index in [4.69, 9.17) is 4.98 Å². The van der Waals surface area contributed by atoms with Crippen molar-refractivity contribution >= 4 is 22.4 Å². The third kappa shape index (κ3) is 3.41. The van der Waals surface area contributed by atoms with Gasteiger partial charge in [0.15, 0.2) is 5.13 Å². The summed E-state index contributed by atoms with van der Waals surface area (Å²) in [5, 5.41) is 4.72. The second-order valence-electron chi connectivity index (χ2n) is 8.75. The van der Waals surface area contributed by atoms with Gasteiger partial charge in [0, 0.05) is 47.6 Å². The molecule has 2 bridgehead atoms. The van der Waals surface area contributed by atoms with Gasteiger partial charge in [0.2, 0.25) is 0 Å². The highest BCUT2D eigenvalue weighted by Crippen LogP contribution is 2.41. The molecule has 2 unspecified atom stereocenters. The topological polar surface area (TPSA) is 48.5 Å². The fourth-order valence-corrected chi connectivity index (χ4v) is 5.94. The summed E-state index contributed by atoms with van der Waals surface area (Å²) < 4.78 is 0. The second-order valence-corrected chi connectivity index (χ2v) is 9.81. The molecule has 5 nitrogen and oxygen atoms in total. The van der Waals surface area contributed by atoms with E-state index < -0.39 is 0 Å². The predicted molar refractivity (Wildman–Crippen MR) is 116 cm³/mol. The number of nitrogens with zero attached hydrogens (tertiary/aromatic N) is 3. The van der Waals surface area contributed by atoms with Gasteiger partial charge in [0.1, 0.15) is 0 Å². The molecule has 1 N–H and O–H groups in total. The van der Waals surface area contributed by atoms with Crippen molar-refractivity contribution in [2.24, 2.45) is 0 Å². The third-order valence-corrected chi connectivity index (χ3v) is 7.43. The lowest BCUT2D eigenvalue weighted by atomic mass is 9.90. The Morgan fingerprint density at radius 1 is 1.32 bits per heavy atom. The van der Waals surface area contributed by atoms with Crippen molar-refractivity contribution in [3.63, 3.8) is 0 Å². The van der Waals surface area contributed by atoms with Gasteiger partial charge in [-0.25, -0.2) is 4.98 Å². The number of amides is 1. The first-order valence-corrected chi connectivity index (χ1v) is 11.4. The van der Waals surface area contributed by atoms with Crippen LogP contribution >= 0.6 is 11.3 Å². The molecule has 4 rings (SSSR count). The van der Waals surface area contributed by atoms with Crippen LogP contribution < -0.4 is 10.2 Å². The van der Waals surface area contributed by atoms with Crippen LogP contribution in [0.3, 0.4) is 0 Å². The summed E-state index contributed by atoms with van der Waals surface area (Å²) in [5.74, 6) is 0.125. The average Bonchev–Trinajstić information content (AvgIpc) is 3.16. The van der Waals surface area contributed by atoms with Crippen LogP contribution in [0.1, 0.15) is 57.5 Å². The number of carbonyl (C=O) groups is 1. The third-order valence-electron chi connectivity index (χ3n) is 6.34. The number of rotatable bonds is 4. The lowest BCUT2D eigenvalue weighted by Crippen LogP contribution is -2.52. The summed E-state index contributed by atoms with van der Waals surface area (Å²) in [6.07, 6.45) is 10.2. The number of hydrogen-bond donors (Lipinski definition) is 1. The summed E-state index contributed by atoms with van der Waals surface area (Å²) in [7, 11) is 0. The fraction of sp³-hybridized carbons (Fsp3) is 0.636. The van der Waals surface area contributed by atoms with Crippen LogP contribution in [-0.2, 0) is 17.8 Å². The molecule has 3 aliphatic rings. The number of aromatic nitrogens is 1. The first-order valence-electron chi connectivity index (χ1n) is 10.6. The van der Waals surface area contributed by atoms with Gasteiger partial charge < -0.3 is 15.1 Å². The van der Waals surface area contributed by atoms with Gasteiger partial charge in [-0.05, 0) is 40.0 Å². The first kappa shape index (κ1) is 19.6. The number of carbonyl (C=O) groups excluding carboxylic acids is 1. The van der Waals surface area contributed by atoms with Crippen molar-refractivity contribution in [3.05, 3.63) is 34.4 Å². The number of hydrogen-bond acceptors (Lipinski definition) is 5. The first-order chi connectivity index (χ1) is 13.4. The van der Waals surface area contributed by atoms with Gasteiger partial charge in [-0.1, -0.05) is 36.5 Å². The largest absolute Gasteiger partial charge is 0.340 e. The zero-order valence-electron chi connectivity index (χ0n) is 17.5. The zero-order valence-corrected chi connectivity index (χ0v) is 18.3. The highest BCUT2D eigenvalue weighted by molar-refractivity contribution is 7.15. The van der Waals surface area contributed by atoms with Crippen LogP contribution in [-0.4, -0.2) is 46.5 Å². The van der Waals surface area contributed by atoms with Crippen molar-refractivity contribution in [1.82, 2.24) is 15.2 Å². The lowest BCUT2D eigenvalue weighted by molar-refractivity contribution is -0.133. The minimum atomic E-state index is -0.230. The maximum absolute atomic E-state index is 13.3. The molecule has 0 aliphatic carbocycles. The Morgan fingerprint density at radius 2 is 2.04 bits per heavy atom. The second kappa shape index (κ2) is 7.64. The normalized spacial score (nSPS) is 26.8. The summed E-state index contributed by atoms with van der Waals surface area (Å²) in [5.41, 5.74) is 1.74. The van der Waals surface area contributed by atoms with Crippen LogP contribution in [0.15, 0.2) is 23.8 Å². The molecule has 0 saturated carbocycles. The van der Waals surface area contributed by atoms with Gasteiger partial charge in [0.05, 0.1) is 12.2 Å². The molecule has 0 aromatic carbocycles. The molecular formula is C22H32N4OS. The predicted octanol–water partition coefficient (Wildman–Crippen LogP) is 3.66. The lowest BCUT2D eigenvalue weighted by Gasteiger charge is -2.41. The van der Waals surface area contributed by atoms with Crippen LogP contribution in [0, 0.1) is 0 Å². The molecule has 0 spiro atoms. The molecule has 2 saturated heterocycles. The molecule has 152 valence electrons. The van der Waals surface area contributed by atoms with Crippen molar-refractivity contribution in [3.8, 4) is 0 Å². The molecule has 1 amide bonds. The molecule has 2 atom stereocenters. The van der Waals surface area contributed by atoms with Gasteiger partial charge in [-0.2, -0.15) is 0 Å². The summed E-state index contributed by atoms with van der Waals surface area (Å²) in [4.78, 5) is 24.2. The van der Waals surface area contributed by atoms with E-state index in [-0.39, 0.29) is 11.4 Å². The maximum atomic E-state index is 13.3. The van der Waals surface area contributed by atoms with E-state index in [9.17, 15) is 4.79 Å². The van der Waals surface area contributed by atoms with E-state index in [1.54, 1.807) is 11.3 Å². The fourth-order valence-electron chi connectivity index (χ4n) is 4.73. The minimum absolute atomic E-state index is 0.125. The van der Waals surface area contributed by atoms with Gasteiger partial charge in [-0.15, -0.1) is 0 Å². The average molecular weight is 401 g/mol. The van der Waals surface area contributed by atoms with Crippen molar-refractivity contribution in [2.45, 2.75) is 77.5 Å². The number of piperazine rings is 1. The van der Waals surface area contributed by atoms with Crippen molar-refractivity contribution < 1.29 is 4.79 Å². The molecule has 1 aromatic rings. The summed E-state index contributed by atoms with van der Waals surface area (Å²) in [6, 6.07) is 1.15. The van der Waals surface area contributed by atoms with Crippen LogP contribution in [0.25, 0.3) is 0 Å². The van der Waals surface area contributed by atoms with E-state index in [1.165, 1.54) is 28.5 Å². The standard InChI is InChI=1S/C22H32N4OS/c1-5-7-8-15(6-2)20(27)25-14-19-18(11-22(25,3)4)24-21(28-19)26-16-9-10-17(26)13-23-12-16/h6-8,16-17,23H,5,9-14H2,1-4H3/b8-7-,15-6+. The Hall–Kier alpha value is -1.66. The molecule has 4 heterocycles. The summed E-state index contributed by atoms with van der Waals surface area (Å²) >= 11 is 1.80. The number of thiazole rings is 1. The quantitative estimate of drug-likeness (QED) is 0.619. The minimum Gasteiger partial charge on any atom is -0.340 e. The number of allylic oxidation sites excluding steroid dienone is 2. The maximum Gasteiger partial charge on any atom is 0.254 e. The van der Waals surface area contributed by atoms with Crippen LogP contribution in [0.2, 0.25) is 0 Å². The molecule has 28 heavy (non-hydrogen) atoms. The van der Waals surface area contributed by atoms with Crippen molar-refractivity contribution in [2.75, 3.05) is 18.0 Å². The number of nitrogens with one attached hydrogen (secondary N) is 1. The van der Waals surface area contributed by atoms with Gasteiger partial charge in [-0.3, -0.25) is 4.79 Å². The Balaban J connectivity index is 1.60. The monoisotopic (exact) mass is 400 g/mol. The highest BCUT2D eigenvalue weighted by atomic mass is 32.1. The van der Waals surface area contributed by atoms with E-state index in [2.05, 4.69) is 37.1 Å². The molecule has 6 heteroatoms. The molecular weight excluding hydrogens is 368 g/mol. The number of fused-ring (bicyclic) bond motifs is 3. The molecule has 0 radical (unpaired) electrons. The molecule has 2 fully saturated rings. The van der Waals surface area contributed by atoms with Crippen molar-refractivity contribution in [1.29, 1.82) is 0 Å². The van der Waals surface area contributed by atoms with E-state index in [0.29, 0.717) is 18.6 Å². The van der Waals surface area contributed by atoms with E-state index >= 15 is 0 Å². The zero-order chi connectivity index (χ0) is 19.9. The molecule has 3 aliphatic heterocycles. The number of anilines is 1. The van der Waals surface area contributed by atoms with Crippen LogP contribution in [0.5, 0.6) is 0 Å². The highest BCUT2D eigenvalue weighted by Gasteiger charge is 2.42. The Kier molecular flexibility index (Phi) is 5.36. The van der Waals surface area contributed by atoms with Gasteiger partial charge >= 0.3 is 0 Å². The Labute approximate surface area is 172 Å². The SMILES string of the molecule is C/C=C(\C=C/CC)C(=O)N1Cc2sc(N3C4CCC3CNC4)nc2CC1(C)C. The summed E-state index contributed by atoms with van der Waals surface area (Å²) in [6.45, 7) is 11.2. The Morgan fingerprint density at radius 3 is 2.68 bits per heavy atom. The smallest absolute Gasteiger partial charge is 0.254 e. The van der Waals surface area contributed by atoms with E-state index in [1.807, 2.05) is 24.0 Å². The van der Waals surface area contributed by atoms with E-state index in [0.717, 1.165) is 31.5 Å². The van der Waals surface area contributed by atoms with Crippen LogP contribution in [0.4, 0.5) is 5.13 Å².